The minimum atomic E-state index is 0.722. The van der Waals surface area contributed by atoms with Gasteiger partial charge in [-0.1, -0.05) is 32.0 Å². The van der Waals surface area contributed by atoms with Crippen molar-refractivity contribution < 1.29 is 4.74 Å². The van der Waals surface area contributed by atoms with Gasteiger partial charge >= 0.3 is 0 Å². The lowest BCUT2D eigenvalue weighted by Gasteiger charge is -2.44. The standard InChI is InChI=1S/C16H23NO/c1-3-6-17-16-8-15(11(16)2)12-4-5-13-9-18-10-14(13)7-12/h4-5,7,11,15-17H,3,6,8-10H2,1-2H3. The topological polar surface area (TPSA) is 21.3 Å². The second-order valence-corrected chi connectivity index (χ2v) is 5.78. The lowest BCUT2D eigenvalue weighted by atomic mass is 9.67. The summed E-state index contributed by atoms with van der Waals surface area (Å²) in [5, 5.41) is 3.65. The van der Waals surface area contributed by atoms with E-state index in [1.165, 1.54) is 29.5 Å². The van der Waals surface area contributed by atoms with Gasteiger partial charge in [-0.25, -0.2) is 0 Å². The predicted molar refractivity (Wildman–Crippen MR) is 73.5 cm³/mol. The maximum atomic E-state index is 5.49. The Hall–Kier alpha value is -0.860. The van der Waals surface area contributed by atoms with Crippen LogP contribution in [0.1, 0.15) is 49.3 Å². The Morgan fingerprint density at radius 3 is 2.89 bits per heavy atom. The van der Waals surface area contributed by atoms with Gasteiger partial charge in [-0.15, -0.1) is 0 Å². The van der Waals surface area contributed by atoms with Gasteiger partial charge in [0, 0.05) is 6.04 Å². The van der Waals surface area contributed by atoms with E-state index in [0.29, 0.717) is 0 Å². The summed E-state index contributed by atoms with van der Waals surface area (Å²) in [7, 11) is 0. The van der Waals surface area contributed by atoms with Gasteiger partial charge in [-0.05, 0) is 47.9 Å². The minimum Gasteiger partial charge on any atom is -0.372 e. The van der Waals surface area contributed by atoms with E-state index in [-0.39, 0.29) is 0 Å². The highest BCUT2D eigenvalue weighted by Crippen LogP contribution is 2.43. The molecule has 2 aliphatic rings. The van der Waals surface area contributed by atoms with E-state index >= 15 is 0 Å². The van der Waals surface area contributed by atoms with Crippen LogP contribution in [-0.2, 0) is 18.0 Å². The summed E-state index contributed by atoms with van der Waals surface area (Å²) in [5.41, 5.74) is 4.30. The largest absolute Gasteiger partial charge is 0.372 e. The predicted octanol–water partition coefficient (Wildman–Crippen LogP) is 3.21. The number of ether oxygens (including phenoxy) is 1. The molecule has 1 aromatic carbocycles. The molecule has 0 saturated heterocycles. The van der Waals surface area contributed by atoms with Crippen LogP contribution in [0.3, 0.4) is 0 Å². The molecule has 3 rings (SSSR count). The zero-order chi connectivity index (χ0) is 12.5. The molecule has 0 spiro atoms. The zero-order valence-electron chi connectivity index (χ0n) is 11.4. The molecule has 0 amide bonds. The Morgan fingerprint density at radius 2 is 2.11 bits per heavy atom. The molecule has 1 saturated carbocycles. The third-order valence-corrected chi connectivity index (χ3v) is 4.61. The average Bonchev–Trinajstić information content (AvgIpc) is 2.84. The highest BCUT2D eigenvalue weighted by atomic mass is 16.5. The molecule has 0 radical (unpaired) electrons. The van der Waals surface area contributed by atoms with Gasteiger partial charge in [0.25, 0.3) is 0 Å². The maximum Gasteiger partial charge on any atom is 0.0725 e. The van der Waals surface area contributed by atoms with E-state index in [4.69, 9.17) is 4.74 Å². The molecule has 1 heterocycles. The SMILES string of the molecule is CCCNC1CC(c2ccc3c(c2)COC3)C1C. The summed E-state index contributed by atoms with van der Waals surface area (Å²) in [5.74, 6) is 1.50. The Balaban J connectivity index is 1.66. The van der Waals surface area contributed by atoms with E-state index in [0.717, 1.165) is 37.6 Å². The molecule has 1 aromatic rings. The number of rotatable bonds is 4. The Morgan fingerprint density at radius 1 is 1.28 bits per heavy atom. The van der Waals surface area contributed by atoms with Crippen molar-refractivity contribution in [3.8, 4) is 0 Å². The molecule has 1 aliphatic heterocycles. The van der Waals surface area contributed by atoms with Crippen LogP contribution >= 0.6 is 0 Å². The fraction of sp³-hybridized carbons (Fsp3) is 0.625. The lowest BCUT2D eigenvalue weighted by molar-refractivity contribution is 0.134. The molecule has 2 heteroatoms. The molecule has 3 atom stereocenters. The van der Waals surface area contributed by atoms with Crippen molar-refractivity contribution in [1.82, 2.24) is 5.32 Å². The number of nitrogens with one attached hydrogen (secondary N) is 1. The second-order valence-electron chi connectivity index (χ2n) is 5.78. The number of fused-ring (bicyclic) bond motifs is 1. The van der Waals surface area contributed by atoms with Gasteiger partial charge in [-0.3, -0.25) is 0 Å². The van der Waals surface area contributed by atoms with Crippen molar-refractivity contribution in [3.63, 3.8) is 0 Å². The Bertz CT molecular complexity index is 429. The molecular weight excluding hydrogens is 222 g/mol. The number of benzene rings is 1. The maximum absolute atomic E-state index is 5.49. The molecule has 18 heavy (non-hydrogen) atoms. The van der Waals surface area contributed by atoms with Crippen LogP contribution in [0.5, 0.6) is 0 Å². The van der Waals surface area contributed by atoms with Crippen LogP contribution in [0.2, 0.25) is 0 Å². The van der Waals surface area contributed by atoms with Gasteiger partial charge in [0.2, 0.25) is 0 Å². The summed E-state index contributed by atoms with van der Waals surface area (Å²) in [6, 6.07) is 7.67. The summed E-state index contributed by atoms with van der Waals surface area (Å²) in [4.78, 5) is 0. The summed E-state index contributed by atoms with van der Waals surface area (Å²) in [6.07, 6.45) is 2.52. The fourth-order valence-corrected chi connectivity index (χ4v) is 3.25. The van der Waals surface area contributed by atoms with Crippen molar-refractivity contribution in [3.05, 3.63) is 34.9 Å². The van der Waals surface area contributed by atoms with E-state index < -0.39 is 0 Å². The molecule has 98 valence electrons. The van der Waals surface area contributed by atoms with Gasteiger partial charge in [0.15, 0.2) is 0 Å². The number of hydrogen-bond donors (Lipinski definition) is 1. The van der Waals surface area contributed by atoms with Crippen LogP contribution in [-0.4, -0.2) is 12.6 Å². The molecule has 2 nitrogen and oxygen atoms in total. The van der Waals surface area contributed by atoms with Gasteiger partial charge in [0.1, 0.15) is 0 Å². The fourth-order valence-electron chi connectivity index (χ4n) is 3.25. The second kappa shape index (κ2) is 5.02. The van der Waals surface area contributed by atoms with Crippen LogP contribution in [0.4, 0.5) is 0 Å². The highest BCUT2D eigenvalue weighted by Gasteiger charge is 2.38. The van der Waals surface area contributed by atoms with Crippen LogP contribution in [0.15, 0.2) is 18.2 Å². The van der Waals surface area contributed by atoms with Gasteiger partial charge < -0.3 is 10.1 Å². The normalized spacial score (nSPS) is 30.0. The van der Waals surface area contributed by atoms with Crippen LogP contribution < -0.4 is 5.32 Å². The van der Waals surface area contributed by atoms with E-state index in [1.54, 1.807) is 0 Å². The van der Waals surface area contributed by atoms with Crippen molar-refractivity contribution in [2.45, 2.75) is 51.9 Å². The van der Waals surface area contributed by atoms with Crippen LogP contribution in [0, 0.1) is 5.92 Å². The minimum absolute atomic E-state index is 0.722. The molecule has 0 bridgehead atoms. The number of hydrogen-bond acceptors (Lipinski definition) is 2. The van der Waals surface area contributed by atoms with E-state index in [1.807, 2.05) is 0 Å². The Labute approximate surface area is 110 Å². The van der Waals surface area contributed by atoms with Gasteiger partial charge in [-0.2, -0.15) is 0 Å². The zero-order valence-corrected chi connectivity index (χ0v) is 11.4. The first-order valence-corrected chi connectivity index (χ1v) is 7.22. The van der Waals surface area contributed by atoms with E-state index in [2.05, 4.69) is 37.4 Å². The van der Waals surface area contributed by atoms with Gasteiger partial charge in [0.05, 0.1) is 13.2 Å². The molecule has 1 aliphatic carbocycles. The first-order valence-electron chi connectivity index (χ1n) is 7.22. The summed E-state index contributed by atoms with van der Waals surface area (Å²) < 4.78 is 5.49. The van der Waals surface area contributed by atoms with Crippen molar-refractivity contribution in [2.75, 3.05) is 6.54 Å². The highest BCUT2D eigenvalue weighted by molar-refractivity contribution is 5.36. The molecule has 3 unspecified atom stereocenters. The van der Waals surface area contributed by atoms with Crippen LogP contribution in [0.25, 0.3) is 0 Å². The quantitative estimate of drug-likeness (QED) is 0.879. The first kappa shape index (κ1) is 12.2. The molecule has 1 fully saturated rings. The van der Waals surface area contributed by atoms with Crippen molar-refractivity contribution in [2.24, 2.45) is 5.92 Å². The third kappa shape index (κ3) is 2.08. The lowest BCUT2D eigenvalue weighted by Crippen LogP contribution is -2.48. The molecular formula is C16H23NO. The smallest absolute Gasteiger partial charge is 0.0725 e. The van der Waals surface area contributed by atoms with Crippen molar-refractivity contribution >= 4 is 0 Å². The average molecular weight is 245 g/mol. The molecule has 0 aromatic heterocycles. The van der Waals surface area contributed by atoms with E-state index in [9.17, 15) is 0 Å². The Kier molecular flexibility index (Phi) is 3.40. The monoisotopic (exact) mass is 245 g/mol. The summed E-state index contributed by atoms with van der Waals surface area (Å²) in [6.45, 7) is 7.37. The summed E-state index contributed by atoms with van der Waals surface area (Å²) >= 11 is 0. The van der Waals surface area contributed by atoms with Crippen molar-refractivity contribution in [1.29, 1.82) is 0 Å². The molecule has 1 N–H and O–H groups in total. The first-order chi connectivity index (χ1) is 8.79. The third-order valence-electron chi connectivity index (χ3n) is 4.61.